The van der Waals surface area contributed by atoms with Crippen molar-refractivity contribution in [3.63, 3.8) is 0 Å². The van der Waals surface area contributed by atoms with Gasteiger partial charge in [0.25, 0.3) is 0 Å². The van der Waals surface area contributed by atoms with E-state index in [2.05, 4.69) is 10.6 Å². The summed E-state index contributed by atoms with van der Waals surface area (Å²) in [6, 6.07) is 12.2. The molecule has 0 aliphatic rings. The second-order valence-electron chi connectivity index (χ2n) is 5.05. The Morgan fingerprint density at radius 2 is 1.46 bits per heavy atom. The van der Waals surface area contributed by atoms with Crippen LogP contribution in [0.25, 0.3) is 0 Å². The average Bonchev–Trinajstić information content (AvgIpc) is 2.56. The Hall–Kier alpha value is -1.75. The molecule has 0 aliphatic heterocycles. The molecule has 126 valence electrons. The SMILES string of the molecule is O=C(NCCc1ccc(Cl)cc1Cl)C(=O)NCc1ccc(Cl)cc1. The van der Waals surface area contributed by atoms with Crippen molar-refractivity contribution in [2.75, 3.05) is 6.54 Å². The van der Waals surface area contributed by atoms with E-state index in [4.69, 9.17) is 34.8 Å². The van der Waals surface area contributed by atoms with E-state index in [0.29, 0.717) is 28.0 Å². The first-order valence-corrected chi connectivity index (χ1v) is 8.33. The lowest BCUT2D eigenvalue weighted by molar-refractivity contribution is -0.139. The number of carbonyl (C=O) groups excluding carboxylic acids is 2. The lowest BCUT2D eigenvalue weighted by Crippen LogP contribution is -2.40. The molecule has 0 bridgehead atoms. The van der Waals surface area contributed by atoms with Gasteiger partial charge in [-0.3, -0.25) is 9.59 Å². The lowest BCUT2D eigenvalue weighted by atomic mass is 10.1. The first-order valence-electron chi connectivity index (χ1n) is 7.20. The van der Waals surface area contributed by atoms with Gasteiger partial charge in [-0.25, -0.2) is 0 Å². The molecule has 2 aromatic rings. The molecule has 0 heterocycles. The Labute approximate surface area is 155 Å². The van der Waals surface area contributed by atoms with Crippen LogP contribution in [-0.4, -0.2) is 18.4 Å². The van der Waals surface area contributed by atoms with Crippen LogP contribution in [0.2, 0.25) is 15.1 Å². The fourth-order valence-corrected chi connectivity index (χ4v) is 2.61. The van der Waals surface area contributed by atoms with Crippen LogP contribution in [0.1, 0.15) is 11.1 Å². The van der Waals surface area contributed by atoms with Gasteiger partial charge in [-0.05, 0) is 41.8 Å². The predicted molar refractivity (Wildman–Crippen MR) is 96.5 cm³/mol. The van der Waals surface area contributed by atoms with Crippen LogP contribution >= 0.6 is 34.8 Å². The first-order chi connectivity index (χ1) is 11.5. The summed E-state index contributed by atoms with van der Waals surface area (Å²) in [5.74, 6) is -1.37. The highest BCUT2D eigenvalue weighted by Crippen LogP contribution is 2.21. The molecule has 0 unspecified atom stereocenters. The van der Waals surface area contributed by atoms with Crippen molar-refractivity contribution in [3.8, 4) is 0 Å². The van der Waals surface area contributed by atoms with Crippen LogP contribution in [-0.2, 0) is 22.6 Å². The molecule has 0 saturated carbocycles. The molecule has 2 aromatic carbocycles. The molecule has 4 nitrogen and oxygen atoms in total. The summed E-state index contributed by atoms with van der Waals surface area (Å²) in [6.45, 7) is 0.557. The molecule has 0 fully saturated rings. The Kier molecular flexibility index (Phi) is 6.91. The molecule has 0 aliphatic carbocycles. The highest BCUT2D eigenvalue weighted by atomic mass is 35.5. The highest BCUT2D eigenvalue weighted by molar-refractivity contribution is 6.35. The molecular weight excluding hydrogens is 371 g/mol. The van der Waals surface area contributed by atoms with Crippen molar-refractivity contribution in [3.05, 3.63) is 68.7 Å². The number of hydrogen-bond donors (Lipinski definition) is 2. The van der Waals surface area contributed by atoms with E-state index >= 15 is 0 Å². The van der Waals surface area contributed by atoms with E-state index in [0.717, 1.165) is 11.1 Å². The van der Waals surface area contributed by atoms with Gasteiger partial charge in [0.2, 0.25) is 0 Å². The number of amides is 2. The zero-order chi connectivity index (χ0) is 17.5. The van der Waals surface area contributed by atoms with Gasteiger partial charge < -0.3 is 10.6 Å². The molecule has 0 radical (unpaired) electrons. The molecular formula is C17H15Cl3N2O2. The van der Waals surface area contributed by atoms with Crippen LogP contribution in [0.15, 0.2) is 42.5 Å². The average molecular weight is 386 g/mol. The Morgan fingerprint density at radius 1 is 0.833 bits per heavy atom. The molecule has 2 rings (SSSR count). The first kappa shape index (κ1) is 18.6. The van der Waals surface area contributed by atoms with E-state index in [1.54, 1.807) is 42.5 Å². The largest absolute Gasteiger partial charge is 0.348 e. The third kappa shape index (κ3) is 5.71. The second-order valence-corrected chi connectivity index (χ2v) is 6.33. The van der Waals surface area contributed by atoms with Gasteiger partial charge in [-0.15, -0.1) is 0 Å². The maximum absolute atomic E-state index is 11.7. The summed E-state index contributed by atoms with van der Waals surface area (Å²) in [6.07, 6.45) is 0.506. The molecule has 2 N–H and O–H groups in total. The third-order valence-electron chi connectivity index (χ3n) is 3.27. The van der Waals surface area contributed by atoms with Crippen LogP contribution in [0, 0.1) is 0 Å². The number of hydrogen-bond acceptors (Lipinski definition) is 2. The van der Waals surface area contributed by atoms with Crippen LogP contribution in [0.5, 0.6) is 0 Å². The smallest absolute Gasteiger partial charge is 0.309 e. The topological polar surface area (TPSA) is 58.2 Å². The number of carbonyl (C=O) groups is 2. The Balaban J connectivity index is 1.75. The number of rotatable bonds is 5. The summed E-state index contributed by atoms with van der Waals surface area (Å²) >= 11 is 17.7. The monoisotopic (exact) mass is 384 g/mol. The molecule has 7 heteroatoms. The quantitative estimate of drug-likeness (QED) is 0.772. The van der Waals surface area contributed by atoms with Crippen molar-refractivity contribution >= 4 is 46.6 Å². The molecule has 0 saturated heterocycles. The minimum Gasteiger partial charge on any atom is -0.348 e. The van der Waals surface area contributed by atoms with E-state index in [-0.39, 0.29) is 6.54 Å². The zero-order valence-corrected chi connectivity index (χ0v) is 14.9. The fourth-order valence-electron chi connectivity index (χ4n) is 1.98. The molecule has 24 heavy (non-hydrogen) atoms. The van der Waals surface area contributed by atoms with Gasteiger partial charge in [0, 0.05) is 28.2 Å². The van der Waals surface area contributed by atoms with Crippen molar-refractivity contribution in [2.45, 2.75) is 13.0 Å². The van der Waals surface area contributed by atoms with Crippen molar-refractivity contribution in [1.82, 2.24) is 10.6 Å². The maximum Gasteiger partial charge on any atom is 0.309 e. The zero-order valence-electron chi connectivity index (χ0n) is 12.6. The van der Waals surface area contributed by atoms with Crippen molar-refractivity contribution in [2.24, 2.45) is 0 Å². The maximum atomic E-state index is 11.7. The molecule has 2 amide bonds. The second kappa shape index (κ2) is 8.92. The third-order valence-corrected chi connectivity index (χ3v) is 4.11. The standard InChI is InChI=1S/C17H15Cl3N2O2/c18-13-4-1-11(2-5-13)10-22-17(24)16(23)21-8-7-12-3-6-14(19)9-15(12)20/h1-6,9H,7-8,10H2,(H,21,23)(H,22,24). The van der Waals surface area contributed by atoms with Crippen molar-refractivity contribution < 1.29 is 9.59 Å². The van der Waals surface area contributed by atoms with E-state index < -0.39 is 11.8 Å². The summed E-state index contributed by atoms with van der Waals surface area (Å²) < 4.78 is 0. The summed E-state index contributed by atoms with van der Waals surface area (Å²) in [4.78, 5) is 23.5. The van der Waals surface area contributed by atoms with Crippen molar-refractivity contribution in [1.29, 1.82) is 0 Å². The lowest BCUT2D eigenvalue weighted by Gasteiger charge is -2.08. The fraction of sp³-hybridized carbons (Fsp3) is 0.176. The van der Waals surface area contributed by atoms with E-state index in [9.17, 15) is 9.59 Å². The van der Waals surface area contributed by atoms with Gasteiger partial charge in [-0.1, -0.05) is 53.0 Å². The van der Waals surface area contributed by atoms with Crippen LogP contribution < -0.4 is 10.6 Å². The predicted octanol–water partition coefficient (Wildman–Crippen LogP) is 3.62. The number of benzene rings is 2. The minimum absolute atomic E-state index is 0.256. The van der Waals surface area contributed by atoms with E-state index in [1.807, 2.05) is 0 Å². The van der Waals surface area contributed by atoms with Gasteiger partial charge in [0.1, 0.15) is 0 Å². The molecule has 0 atom stereocenters. The van der Waals surface area contributed by atoms with Gasteiger partial charge in [-0.2, -0.15) is 0 Å². The highest BCUT2D eigenvalue weighted by Gasteiger charge is 2.12. The Bertz CT molecular complexity index is 733. The van der Waals surface area contributed by atoms with Gasteiger partial charge >= 0.3 is 11.8 Å². The van der Waals surface area contributed by atoms with E-state index in [1.165, 1.54) is 0 Å². The minimum atomic E-state index is -0.688. The molecule has 0 aromatic heterocycles. The van der Waals surface area contributed by atoms with Crippen LogP contribution in [0.3, 0.4) is 0 Å². The summed E-state index contributed by atoms with van der Waals surface area (Å²) in [5, 5.41) is 6.80. The summed E-state index contributed by atoms with van der Waals surface area (Å²) in [7, 11) is 0. The normalized spacial score (nSPS) is 10.3. The Morgan fingerprint density at radius 3 is 2.12 bits per heavy atom. The van der Waals surface area contributed by atoms with Gasteiger partial charge in [0.05, 0.1) is 0 Å². The van der Waals surface area contributed by atoms with Gasteiger partial charge in [0.15, 0.2) is 0 Å². The molecule has 0 spiro atoms. The number of nitrogens with one attached hydrogen (secondary N) is 2. The number of halogens is 3. The van der Waals surface area contributed by atoms with Crippen LogP contribution in [0.4, 0.5) is 0 Å². The summed E-state index contributed by atoms with van der Waals surface area (Å²) in [5.41, 5.74) is 1.71.